The summed E-state index contributed by atoms with van der Waals surface area (Å²) in [4.78, 5) is 22.8. The first kappa shape index (κ1) is 22.8. The number of anilines is 1. The zero-order valence-electron chi connectivity index (χ0n) is 18.8. The Bertz CT molecular complexity index is 1140. The van der Waals surface area contributed by atoms with Gasteiger partial charge in [0, 0.05) is 23.0 Å². The van der Waals surface area contributed by atoms with Crippen molar-refractivity contribution in [1.82, 2.24) is 0 Å². The van der Waals surface area contributed by atoms with Crippen molar-refractivity contribution in [1.29, 1.82) is 0 Å². The first-order valence-electron chi connectivity index (χ1n) is 11.2. The molecule has 2 aliphatic rings. The molecule has 1 aliphatic carbocycles. The Morgan fingerprint density at radius 2 is 1.94 bits per heavy atom. The molecular weight excluding hydrogens is 420 g/mol. The molecule has 4 rings (SSSR count). The lowest BCUT2D eigenvalue weighted by molar-refractivity contribution is -0.131. The minimum atomic E-state index is -0.693. The molecule has 0 aromatic heterocycles. The van der Waals surface area contributed by atoms with Crippen LogP contribution in [0.4, 0.5) is 20.2 Å². The maximum absolute atomic E-state index is 15.5. The number of benzene rings is 2. The van der Waals surface area contributed by atoms with Crippen molar-refractivity contribution in [2.24, 2.45) is 21.8 Å². The van der Waals surface area contributed by atoms with Crippen LogP contribution in [0.5, 0.6) is 0 Å². The summed E-state index contributed by atoms with van der Waals surface area (Å²) in [5.41, 5.74) is 1.92. The quantitative estimate of drug-likeness (QED) is 0.328. The first-order chi connectivity index (χ1) is 16.0. The van der Waals surface area contributed by atoms with Gasteiger partial charge in [0.1, 0.15) is 11.6 Å². The van der Waals surface area contributed by atoms with Gasteiger partial charge in [0.25, 0.3) is 0 Å². The van der Waals surface area contributed by atoms with Gasteiger partial charge in [0.2, 0.25) is 5.91 Å². The summed E-state index contributed by atoms with van der Waals surface area (Å²) in [6.45, 7) is 7.33. The van der Waals surface area contributed by atoms with E-state index in [-0.39, 0.29) is 17.4 Å². The highest BCUT2D eigenvalue weighted by molar-refractivity contribution is 6.09. The molecule has 2 atom stereocenters. The molecule has 2 aromatic carbocycles. The monoisotopic (exact) mass is 447 g/mol. The largest absolute Gasteiger partial charge is 0.303 e. The number of rotatable bonds is 8. The smallest absolute Gasteiger partial charge is 0.233 e. The van der Waals surface area contributed by atoms with E-state index in [9.17, 15) is 4.79 Å². The van der Waals surface area contributed by atoms with Crippen molar-refractivity contribution in [3.05, 3.63) is 83.6 Å². The molecule has 1 heterocycles. The number of hydrogen-bond donors (Lipinski definition) is 0. The van der Waals surface area contributed by atoms with Crippen LogP contribution in [-0.2, 0) is 4.79 Å². The van der Waals surface area contributed by atoms with E-state index in [4.69, 9.17) is 0 Å². The molecule has 33 heavy (non-hydrogen) atoms. The van der Waals surface area contributed by atoms with Crippen molar-refractivity contribution in [2.75, 3.05) is 4.90 Å². The van der Waals surface area contributed by atoms with Gasteiger partial charge in [-0.2, -0.15) is 0 Å². The summed E-state index contributed by atoms with van der Waals surface area (Å²) in [5, 5.41) is 0. The Morgan fingerprint density at radius 1 is 1.21 bits per heavy atom. The first-order valence-corrected chi connectivity index (χ1v) is 11.2. The molecule has 1 saturated heterocycles. The second kappa shape index (κ2) is 9.61. The number of halogens is 2. The van der Waals surface area contributed by atoms with E-state index in [1.165, 1.54) is 17.0 Å². The molecule has 1 aliphatic heterocycles. The maximum Gasteiger partial charge on any atom is 0.233 e. The predicted octanol–water partition coefficient (Wildman–Crippen LogP) is 6.70. The third kappa shape index (κ3) is 4.42. The van der Waals surface area contributed by atoms with E-state index in [0.29, 0.717) is 22.6 Å². The maximum atomic E-state index is 15.5. The molecule has 170 valence electrons. The number of hydrogen-bond acceptors (Lipinski definition) is 3. The Morgan fingerprint density at radius 3 is 2.55 bits per heavy atom. The molecule has 1 saturated carbocycles. The van der Waals surface area contributed by atoms with Crippen LogP contribution in [0.25, 0.3) is 0 Å². The third-order valence-corrected chi connectivity index (χ3v) is 6.11. The zero-order valence-corrected chi connectivity index (χ0v) is 18.8. The Hall–Kier alpha value is -3.41. The van der Waals surface area contributed by atoms with Gasteiger partial charge in [-0.1, -0.05) is 25.1 Å². The fourth-order valence-electron chi connectivity index (χ4n) is 4.38. The van der Waals surface area contributed by atoms with Crippen LogP contribution in [0.15, 0.2) is 70.8 Å². The second-order valence-corrected chi connectivity index (χ2v) is 8.36. The molecular formula is C27H27F2N3O. The number of carbonyl (C=O) groups excluding carboxylic acids is 1. The van der Waals surface area contributed by atoms with Gasteiger partial charge >= 0.3 is 0 Å². The van der Waals surface area contributed by atoms with E-state index in [1.54, 1.807) is 42.6 Å². The fourth-order valence-corrected chi connectivity index (χ4v) is 4.38. The Kier molecular flexibility index (Phi) is 6.63. The number of amides is 1. The average molecular weight is 448 g/mol. The Balaban J connectivity index is 1.77. The summed E-state index contributed by atoms with van der Waals surface area (Å²) in [5.74, 6) is -1.70. The molecule has 2 aromatic rings. The number of carbonyl (C=O) groups is 1. The standard InChI is InChI=1S/C27H27F2N3O/c1-4-6-10-23(31-13-5-2)18-14-21(28)25(22(29)15-18)26-24(17-11-12-17)27(33)32(26)20-9-7-8-19(16-20)30-3/h5-10,13-17,24,26H,3-4,11-12H2,1-2H3/b10-6+,13-5-,31-23-. The molecule has 4 nitrogen and oxygen atoms in total. The summed E-state index contributed by atoms with van der Waals surface area (Å²) in [6, 6.07) is 8.92. The van der Waals surface area contributed by atoms with Crippen LogP contribution in [0, 0.1) is 23.5 Å². The second-order valence-electron chi connectivity index (χ2n) is 8.36. The minimum absolute atomic E-state index is 0.0722. The average Bonchev–Trinajstić information content (AvgIpc) is 3.63. The van der Waals surface area contributed by atoms with Gasteiger partial charge in [-0.05, 0) is 75.2 Å². The number of aliphatic imine (C=N–C) groups is 2. The molecule has 0 bridgehead atoms. The SMILES string of the molecule is C=Nc1cccc(N2C(=O)C(C3CC3)C2c2c(F)cc(C(/C=C/CC)=N\C=C/C)cc2F)c1. The van der Waals surface area contributed by atoms with Gasteiger partial charge in [-0.25, -0.2) is 8.78 Å². The summed E-state index contributed by atoms with van der Waals surface area (Å²) in [7, 11) is 0. The third-order valence-electron chi connectivity index (χ3n) is 6.11. The normalized spacial score (nSPS) is 21.2. The molecule has 2 unspecified atom stereocenters. The molecule has 0 spiro atoms. The van der Waals surface area contributed by atoms with Crippen LogP contribution < -0.4 is 4.90 Å². The summed E-state index contributed by atoms with van der Waals surface area (Å²) < 4.78 is 31.0. The van der Waals surface area contributed by atoms with Gasteiger partial charge in [0.15, 0.2) is 0 Å². The Labute approximate surface area is 193 Å². The molecule has 1 amide bonds. The highest BCUT2D eigenvalue weighted by atomic mass is 19.1. The topological polar surface area (TPSA) is 45.0 Å². The highest BCUT2D eigenvalue weighted by Gasteiger charge is 2.56. The van der Waals surface area contributed by atoms with E-state index < -0.39 is 23.6 Å². The molecule has 0 radical (unpaired) electrons. The lowest BCUT2D eigenvalue weighted by Gasteiger charge is -2.48. The van der Waals surface area contributed by atoms with Crippen molar-refractivity contribution < 1.29 is 13.6 Å². The van der Waals surface area contributed by atoms with E-state index in [1.807, 2.05) is 19.9 Å². The number of allylic oxidation sites excluding steroid dienone is 3. The van der Waals surface area contributed by atoms with Crippen LogP contribution in [-0.4, -0.2) is 18.3 Å². The number of β-lactam (4-membered cyclic amide) rings is 1. The molecule has 2 fully saturated rings. The predicted molar refractivity (Wildman–Crippen MR) is 129 cm³/mol. The van der Waals surface area contributed by atoms with E-state index >= 15 is 8.78 Å². The van der Waals surface area contributed by atoms with Crippen LogP contribution >= 0.6 is 0 Å². The van der Waals surface area contributed by atoms with Crippen molar-refractivity contribution >= 4 is 29.7 Å². The van der Waals surface area contributed by atoms with Gasteiger partial charge in [-0.15, -0.1) is 0 Å². The van der Waals surface area contributed by atoms with Crippen molar-refractivity contribution in [3.8, 4) is 0 Å². The summed E-state index contributed by atoms with van der Waals surface area (Å²) >= 11 is 0. The molecule has 0 N–H and O–H groups in total. The minimum Gasteiger partial charge on any atom is -0.303 e. The van der Waals surface area contributed by atoms with E-state index in [0.717, 1.165) is 19.3 Å². The van der Waals surface area contributed by atoms with E-state index in [2.05, 4.69) is 16.7 Å². The van der Waals surface area contributed by atoms with Crippen molar-refractivity contribution in [2.45, 2.75) is 39.2 Å². The summed E-state index contributed by atoms with van der Waals surface area (Å²) in [6.07, 6.45) is 9.58. The lowest BCUT2D eigenvalue weighted by Crippen LogP contribution is -2.56. The van der Waals surface area contributed by atoms with Crippen LogP contribution in [0.2, 0.25) is 0 Å². The van der Waals surface area contributed by atoms with Gasteiger partial charge in [0.05, 0.1) is 23.4 Å². The van der Waals surface area contributed by atoms with Gasteiger partial charge < -0.3 is 4.90 Å². The zero-order chi connectivity index (χ0) is 23.5. The lowest BCUT2D eigenvalue weighted by atomic mass is 9.78. The van der Waals surface area contributed by atoms with Crippen molar-refractivity contribution in [3.63, 3.8) is 0 Å². The van der Waals surface area contributed by atoms with Crippen LogP contribution in [0.3, 0.4) is 0 Å². The fraction of sp³-hybridized carbons (Fsp3) is 0.296. The van der Waals surface area contributed by atoms with Gasteiger partial charge in [-0.3, -0.25) is 14.8 Å². The number of nitrogens with zero attached hydrogens (tertiary/aromatic N) is 3. The highest BCUT2D eigenvalue weighted by Crippen LogP contribution is 2.55. The molecule has 6 heteroatoms. The van der Waals surface area contributed by atoms with Crippen LogP contribution in [0.1, 0.15) is 50.3 Å².